The summed E-state index contributed by atoms with van der Waals surface area (Å²) in [7, 11) is -3.13. The molecule has 0 bridgehead atoms. The molecule has 0 aromatic carbocycles. The van der Waals surface area contributed by atoms with Gasteiger partial charge in [0, 0.05) is 35.4 Å². The van der Waals surface area contributed by atoms with Crippen molar-refractivity contribution in [3.8, 4) is 0 Å². The molecule has 37 heavy (non-hydrogen) atoms. The molecule has 0 saturated heterocycles. The third kappa shape index (κ3) is 8.48. The van der Waals surface area contributed by atoms with Crippen molar-refractivity contribution in [3.05, 3.63) is 30.0 Å². The first-order valence-corrected chi connectivity index (χ1v) is 24.2. The molecule has 10 heteroatoms. The maximum Gasteiger partial charge on any atom is 0.312 e. The van der Waals surface area contributed by atoms with Gasteiger partial charge in [0.1, 0.15) is 32.7 Å². The van der Waals surface area contributed by atoms with Crippen LogP contribution in [-0.2, 0) is 29.3 Å². The second-order valence-corrected chi connectivity index (χ2v) is 29.9. The summed E-state index contributed by atoms with van der Waals surface area (Å²) < 4.78 is 29.6. The molecule has 0 amide bonds. The normalized spacial score (nSPS) is 25.4. The topological polar surface area (TPSA) is 87.4 Å². The fourth-order valence-corrected chi connectivity index (χ4v) is 7.59. The average Bonchev–Trinajstić information content (AvgIpc) is 3.25. The molecule has 212 valence electrons. The van der Waals surface area contributed by atoms with E-state index >= 15 is 0 Å². The van der Waals surface area contributed by atoms with Crippen molar-refractivity contribution in [2.75, 3.05) is 27.1 Å². The minimum absolute atomic E-state index is 0.0257. The average molecular weight is 571 g/mol. The van der Waals surface area contributed by atoms with E-state index in [0.717, 1.165) is 17.5 Å². The summed E-state index contributed by atoms with van der Waals surface area (Å²) in [5.41, 5.74) is -0.479. The van der Waals surface area contributed by atoms with Gasteiger partial charge in [-0.1, -0.05) is 65.5 Å². The van der Waals surface area contributed by atoms with Crippen molar-refractivity contribution in [2.45, 2.75) is 95.2 Å². The highest BCUT2D eigenvalue weighted by atomic mass is 28.3. The van der Waals surface area contributed by atoms with Crippen LogP contribution >= 0.6 is 0 Å². The zero-order valence-electron chi connectivity index (χ0n) is 24.7. The van der Waals surface area contributed by atoms with E-state index in [9.17, 15) is 9.90 Å². The quantitative estimate of drug-likeness (QED) is 0.115. The third-order valence-electron chi connectivity index (χ3n) is 6.85. The van der Waals surface area contributed by atoms with Gasteiger partial charge in [-0.2, -0.15) is 0 Å². The number of aliphatic hydroxyl groups is 1. The van der Waals surface area contributed by atoms with Crippen LogP contribution in [0.15, 0.2) is 28.9 Å². The van der Waals surface area contributed by atoms with Gasteiger partial charge in [-0.05, 0) is 30.1 Å². The van der Waals surface area contributed by atoms with Crippen molar-refractivity contribution < 1.29 is 33.3 Å². The zero-order chi connectivity index (χ0) is 28.2. The number of esters is 1. The number of carbonyl (C=O) groups is 1. The number of ether oxygens (including phenoxy) is 4. The molecular weight excluding hydrogens is 521 g/mol. The molecule has 1 saturated carbocycles. The van der Waals surface area contributed by atoms with E-state index in [0.29, 0.717) is 24.4 Å². The Morgan fingerprint density at radius 2 is 1.68 bits per heavy atom. The van der Waals surface area contributed by atoms with Gasteiger partial charge in [-0.3, -0.25) is 4.79 Å². The highest BCUT2D eigenvalue weighted by Gasteiger charge is 2.59. The molecule has 0 unspecified atom stereocenters. The van der Waals surface area contributed by atoms with E-state index in [2.05, 4.69) is 65.5 Å². The van der Waals surface area contributed by atoms with E-state index in [4.69, 9.17) is 23.4 Å². The van der Waals surface area contributed by atoms with Gasteiger partial charge < -0.3 is 28.5 Å². The number of methoxy groups -OCH3 is 1. The Bertz CT molecular complexity index is 910. The molecule has 0 spiro atoms. The summed E-state index contributed by atoms with van der Waals surface area (Å²) in [5.74, 6) is -1.36. The van der Waals surface area contributed by atoms with Crippen molar-refractivity contribution >= 4 is 35.6 Å². The van der Waals surface area contributed by atoms with Gasteiger partial charge in [0.05, 0.1) is 24.2 Å². The maximum atomic E-state index is 13.6. The number of furan rings is 1. The molecule has 1 aliphatic rings. The van der Waals surface area contributed by atoms with E-state index < -0.39 is 53.9 Å². The van der Waals surface area contributed by atoms with Crippen LogP contribution < -0.4 is 5.38 Å². The first kappa shape index (κ1) is 32.2. The van der Waals surface area contributed by atoms with Crippen molar-refractivity contribution in [3.63, 3.8) is 0 Å². The van der Waals surface area contributed by atoms with Crippen LogP contribution in [0.25, 0.3) is 0 Å². The lowest BCUT2D eigenvalue weighted by atomic mass is 9.67. The highest BCUT2D eigenvalue weighted by molar-refractivity contribution is 6.88. The number of hydrogen-bond acceptors (Lipinski definition) is 7. The maximum absolute atomic E-state index is 13.6. The molecule has 1 heterocycles. The predicted molar refractivity (Wildman–Crippen MR) is 157 cm³/mol. The Morgan fingerprint density at radius 3 is 2.22 bits per heavy atom. The minimum atomic E-state index is -2.03. The number of hydrogen-bond donors (Lipinski definition) is 1. The van der Waals surface area contributed by atoms with Crippen molar-refractivity contribution in [1.82, 2.24) is 0 Å². The highest BCUT2D eigenvalue weighted by Crippen LogP contribution is 2.47. The molecule has 1 aromatic heterocycles. The molecule has 1 fully saturated rings. The summed E-state index contributed by atoms with van der Waals surface area (Å²) in [6, 6.07) is 3.61. The lowest BCUT2D eigenvalue weighted by molar-refractivity contribution is -0.230. The molecular formula is C27H50O7Si3. The monoisotopic (exact) mass is 570 g/mol. The SMILES string of the molecule is C=C1C[C@@H](C(=O)OCC[Si](C)(C)C)[C@](O)(c2ccoc2[Si](C)(C)C)[C@H](OCOCC[Si](C)(C)C)[C@@H]1OC. The standard InChI is InChI=1S/C27H50O7Si3/c1-20-18-22(25(28)32-15-17-36(6,7)8)27(29,21-12-13-33-26(21)37(9,10)11)24(23(20)30-2)34-19-31-14-16-35(3,4)5/h12-13,22-24,29H,1,14-19H2,2-11H3/t22-,23+,24+,27+/m0/s1. The first-order valence-electron chi connectivity index (χ1n) is 13.3. The van der Waals surface area contributed by atoms with Crippen LogP contribution in [-0.4, -0.2) is 74.6 Å². The van der Waals surface area contributed by atoms with Crippen molar-refractivity contribution in [1.29, 1.82) is 0 Å². The Balaban J connectivity index is 2.46. The fourth-order valence-electron chi connectivity index (χ4n) is 4.61. The minimum Gasteiger partial charge on any atom is -0.474 e. The zero-order valence-corrected chi connectivity index (χ0v) is 27.7. The summed E-state index contributed by atoms with van der Waals surface area (Å²) in [4.78, 5) is 13.6. The molecule has 1 aliphatic carbocycles. The summed E-state index contributed by atoms with van der Waals surface area (Å²) in [6.45, 7) is 25.1. The first-order chi connectivity index (χ1) is 16.9. The van der Waals surface area contributed by atoms with E-state index in [1.165, 1.54) is 0 Å². The number of rotatable bonds is 13. The second-order valence-electron chi connectivity index (χ2n) is 13.7. The lowest BCUT2D eigenvalue weighted by Crippen LogP contribution is -2.62. The lowest BCUT2D eigenvalue weighted by Gasteiger charge is -2.48. The largest absolute Gasteiger partial charge is 0.474 e. The molecule has 1 aromatic rings. The van der Waals surface area contributed by atoms with Crippen LogP contribution in [0, 0.1) is 5.92 Å². The molecule has 0 aliphatic heterocycles. The van der Waals surface area contributed by atoms with Gasteiger partial charge >= 0.3 is 5.97 Å². The second kappa shape index (κ2) is 12.4. The van der Waals surface area contributed by atoms with Crippen LogP contribution in [0.3, 0.4) is 0 Å². The van der Waals surface area contributed by atoms with Crippen molar-refractivity contribution in [2.24, 2.45) is 5.92 Å². The van der Waals surface area contributed by atoms with E-state index in [1.807, 2.05) is 0 Å². The van der Waals surface area contributed by atoms with Crippen LogP contribution in [0.1, 0.15) is 12.0 Å². The fraction of sp³-hybridized carbons (Fsp3) is 0.741. The Labute approximate surface area is 226 Å². The van der Waals surface area contributed by atoms with E-state index in [-0.39, 0.29) is 13.2 Å². The Hall–Kier alpha value is -1.02. The van der Waals surface area contributed by atoms with E-state index in [1.54, 1.807) is 19.4 Å². The van der Waals surface area contributed by atoms with Crippen LogP contribution in [0.4, 0.5) is 0 Å². The predicted octanol–water partition coefficient (Wildman–Crippen LogP) is 5.18. The van der Waals surface area contributed by atoms with Crippen LogP contribution in [0.5, 0.6) is 0 Å². The Kier molecular flexibility index (Phi) is 10.8. The van der Waals surface area contributed by atoms with Crippen LogP contribution in [0.2, 0.25) is 71.0 Å². The molecule has 7 nitrogen and oxygen atoms in total. The summed E-state index contributed by atoms with van der Waals surface area (Å²) in [6.07, 6.45) is 0.267. The molecule has 2 rings (SSSR count). The Morgan fingerprint density at radius 1 is 1.08 bits per heavy atom. The van der Waals surface area contributed by atoms with Gasteiger partial charge in [-0.25, -0.2) is 0 Å². The van der Waals surface area contributed by atoms with Gasteiger partial charge in [0.25, 0.3) is 0 Å². The van der Waals surface area contributed by atoms with Gasteiger partial charge in [-0.15, -0.1) is 0 Å². The van der Waals surface area contributed by atoms with Gasteiger partial charge in [0.15, 0.2) is 0 Å². The van der Waals surface area contributed by atoms with Gasteiger partial charge in [0.2, 0.25) is 0 Å². The summed E-state index contributed by atoms with van der Waals surface area (Å²) in [5, 5.41) is 13.3. The number of carbonyl (C=O) groups excluding carboxylic acids is 1. The smallest absolute Gasteiger partial charge is 0.312 e. The molecule has 4 atom stereocenters. The summed E-state index contributed by atoms with van der Waals surface area (Å²) >= 11 is 0. The molecule has 1 N–H and O–H groups in total. The molecule has 0 radical (unpaired) electrons. The third-order valence-corrected chi connectivity index (χ3v) is 12.0.